The summed E-state index contributed by atoms with van der Waals surface area (Å²) < 4.78 is 11.1. The average molecular weight is 268 g/mol. The molecule has 78 valence electrons. The molecule has 0 heterocycles. The molecule has 0 radical (unpaired) electrons. The zero-order valence-electron chi connectivity index (χ0n) is 8.45. The van der Waals surface area contributed by atoms with Crippen molar-refractivity contribution in [3.8, 4) is 17.6 Å². The first kappa shape index (κ1) is 11.6. The van der Waals surface area contributed by atoms with Gasteiger partial charge in [0.05, 0.1) is 24.8 Å². The molecule has 0 saturated carbocycles. The first-order valence-electron chi connectivity index (χ1n) is 4.20. The lowest BCUT2D eigenvalue weighted by Gasteiger charge is -2.09. The van der Waals surface area contributed by atoms with Crippen molar-refractivity contribution in [1.82, 2.24) is 0 Å². The fourth-order valence-electron chi connectivity index (χ4n) is 1.17. The molecule has 1 rings (SSSR count). The van der Waals surface area contributed by atoms with Gasteiger partial charge in [-0.2, -0.15) is 5.26 Å². The highest BCUT2D eigenvalue weighted by Gasteiger charge is 2.07. The van der Waals surface area contributed by atoms with E-state index in [0.717, 1.165) is 10.0 Å². The lowest BCUT2D eigenvalue weighted by molar-refractivity contribution is 0.400. The predicted molar refractivity (Wildman–Crippen MR) is 61.9 cm³/mol. The van der Waals surface area contributed by atoms with E-state index < -0.39 is 0 Å². The van der Waals surface area contributed by atoms with Gasteiger partial charge in [0.25, 0.3) is 0 Å². The van der Waals surface area contributed by atoms with E-state index in [1.807, 2.05) is 12.1 Å². The number of nitrogens with zero attached hydrogens (tertiary/aromatic N) is 1. The molecule has 0 N–H and O–H groups in total. The van der Waals surface area contributed by atoms with E-state index >= 15 is 0 Å². The Morgan fingerprint density at radius 2 is 2.07 bits per heavy atom. The standard InChI is InChI=1S/C11H10BrNO2/c1-14-9-6-8(4-3-5-13)11(15-2)10(12)7-9/h3-4,6-7H,1-2H3. The van der Waals surface area contributed by atoms with Gasteiger partial charge < -0.3 is 9.47 Å². The number of halogens is 1. The molecule has 0 saturated heterocycles. The van der Waals surface area contributed by atoms with Crippen LogP contribution in [-0.2, 0) is 0 Å². The van der Waals surface area contributed by atoms with Crippen LogP contribution in [0.2, 0.25) is 0 Å². The lowest BCUT2D eigenvalue weighted by atomic mass is 10.1. The van der Waals surface area contributed by atoms with Gasteiger partial charge in [0.1, 0.15) is 11.5 Å². The zero-order valence-corrected chi connectivity index (χ0v) is 10.0. The smallest absolute Gasteiger partial charge is 0.140 e. The molecule has 1 aromatic rings. The number of hydrogen-bond acceptors (Lipinski definition) is 3. The van der Waals surface area contributed by atoms with E-state index in [-0.39, 0.29) is 0 Å². The van der Waals surface area contributed by atoms with Crippen LogP contribution < -0.4 is 9.47 Å². The third-order valence-corrected chi connectivity index (χ3v) is 2.41. The molecule has 0 unspecified atom stereocenters. The third kappa shape index (κ3) is 2.74. The summed E-state index contributed by atoms with van der Waals surface area (Å²) in [6.45, 7) is 0. The van der Waals surface area contributed by atoms with Crippen molar-refractivity contribution in [2.45, 2.75) is 0 Å². The average Bonchev–Trinajstić information content (AvgIpc) is 2.25. The Morgan fingerprint density at radius 1 is 1.33 bits per heavy atom. The maximum Gasteiger partial charge on any atom is 0.140 e. The van der Waals surface area contributed by atoms with Crippen LogP contribution in [0.25, 0.3) is 6.08 Å². The van der Waals surface area contributed by atoms with E-state index in [1.165, 1.54) is 6.08 Å². The van der Waals surface area contributed by atoms with Crippen LogP contribution in [0.1, 0.15) is 5.56 Å². The number of allylic oxidation sites excluding steroid dienone is 1. The Balaban J connectivity index is 3.26. The number of hydrogen-bond donors (Lipinski definition) is 0. The van der Waals surface area contributed by atoms with E-state index in [4.69, 9.17) is 14.7 Å². The lowest BCUT2D eigenvalue weighted by Crippen LogP contribution is -1.91. The predicted octanol–water partition coefficient (Wildman–Crippen LogP) is 3.00. The van der Waals surface area contributed by atoms with Crippen molar-refractivity contribution in [1.29, 1.82) is 5.26 Å². The molecule has 15 heavy (non-hydrogen) atoms. The molecule has 0 aliphatic heterocycles. The van der Waals surface area contributed by atoms with Gasteiger partial charge in [0.15, 0.2) is 0 Å². The monoisotopic (exact) mass is 267 g/mol. The molecule has 0 spiro atoms. The van der Waals surface area contributed by atoms with Crippen LogP contribution in [0, 0.1) is 11.3 Å². The SMILES string of the molecule is COc1cc(Br)c(OC)c(C=CC#N)c1. The Labute approximate surface area is 97.1 Å². The summed E-state index contributed by atoms with van der Waals surface area (Å²) in [5, 5.41) is 8.47. The van der Waals surface area contributed by atoms with E-state index in [2.05, 4.69) is 15.9 Å². The van der Waals surface area contributed by atoms with Crippen molar-refractivity contribution in [3.63, 3.8) is 0 Å². The summed E-state index contributed by atoms with van der Waals surface area (Å²) in [5.41, 5.74) is 0.797. The second-order valence-electron chi connectivity index (χ2n) is 2.69. The molecule has 4 heteroatoms. The number of nitriles is 1. The Morgan fingerprint density at radius 3 is 2.60 bits per heavy atom. The van der Waals surface area contributed by atoms with E-state index in [1.54, 1.807) is 26.4 Å². The Hall–Kier alpha value is -1.47. The highest BCUT2D eigenvalue weighted by molar-refractivity contribution is 9.10. The summed E-state index contributed by atoms with van der Waals surface area (Å²) in [6.07, 6.45) is 3.07. The van der Waals surface area contributed by atoms with E-state index in [0.29, 0.717) is 11.5 Å². The van der Waals surface area contributed by atoms with Crippen molar-refractivity contribution in [3.05, 3.63) is 28.2 Å². The second-order valence-corrected chi connectivity index (χ2v) is 3.55. The van der Waals surface area contributed by atoms with E-state index in [9.17, 15) is 0 Å². The van der Waals surface area contributed by atoms with Gasteiger partial charge in [0, 0.05) is 11.6 Å². The maximum absolute atomic E-state index is 8.47. The Kier molecular flexibility index (Phi) is 4.19. The van der Waals surface area contributed by atoms with Gasteiger partial charge in [-0.3, -0.25) is 0 Å². The number of rotatable bonds is 3. The summed E-state index contributed by atoms with van der Waals surface area (Å²) >= 11 is 3.37. The number of ether oxygens (including phenoxy) is 2. The highest BCUT2D eigenvalue weighted by atomic mass is 79.9. The van der Waals surface area contributed by atoms with Gasteiger partial charge in [-0.25, -0.2) is 0 Å². The fourth-order valence-corrected chi connectivity index (χ4v) is 1.79. The Bertz CT molecular complexity index is 421. The van der Waals surface area contributed by atoms with Crippen LogP contribution in [0.15, 0.2) is 22.7 Å². The van der Waals surface area contributed by atoms with Crippen LogP contribution in [0.4, 0.5) is 0 Å². The first-order valence-corrected chi connectivity index (χ1v) is 5.00. The minimum atomic E-state index is 0.683. The van der Waals surface area contributed by atoms with Crippen molar-refractivity contribution in [2.75, 3.05) is 14.2 Å². The molecular weight excluding hydrogens is 258 g/mol. The fraction of sp³-hybridized carbons (Fsp3) is 0.182. The van der Waals surface area contributed by atoms with Gasteiger partial charge in [0.2, 0.25) is 0 Å². The molecule has 0 atom stereocenters. The zero-order chi connectivity index (χ0) is 11.3. The molecule has 3 nitrogen and oxygen atoms in total. The number of benzene rings is 1. The normalized spacial score (nSPS) is 10.0. The van der Waals surface area contributed by atoms with Crippen LogP contribution in [0.3, 0.4) is 0 Å². The number of methoxy groups -OCH3 is 2. The molecule has 1 aromatic carbocycles. The quantitative estimate of drug-likeness (QED) is 0.791. The minimum absolute atomic E-state index is 0.683. The van der Waals surface area contributed by atoms with Gasteiger partial charge in [-0.05, 0) is 34.1 Å². The molecule has 0 aliphatic carbocycles. The first-order chi connectivity index (χ1) is 7.22. The largest absolute Gasteiger partial charge is 0.497 e. The molecule has 0 bridgehead atoms. The minimum Gasteiger partial charge on any atom is -0.497 e. The summed E-state index contributed by atoms with van der Waals surface area (Å²) in [4.78, 5) is 0. The van der Waals surface area contributed by atoms with Crippen molar-refractivity contribution >= 4 is 22.0 Å². The van der Waals surface area contributed by atoms with Gasteiger partial charge >= 0.3 is 0 Å². The summed E-state index contributed by atoms with van der Waals surface area (Å²) in [6, 6.07) is 5.54. The highest BCUT2D eigenvalue weighted by Crippen LogP contribution is 2.34. The third-order valence-electron chi connectivity index (χ3n) is 1.82. The van der Waals surface area contributed by atoms with Gasteiger partial charge in [-0.1, -0.05) is 0 Å². The van der Waals surface area contributed by atoms with Crippen molar-refractivity contribution in [2.24, 2.45) is 0 Å². The molecule has 0 fully saturated rings. The second kappa shape index (κ2) is 5.42. The van der Waals surface area contributed by atoms with Crippen LogP contribution >= 0.6 is 15.9 Å². The molecule has 0 aliphatic rings. The molecular formula is C11H10BrNO2. The molecule has 0 amide bonds. The van der Waals surface area contributed by atoms with Crippen molar-refractivity contribution < 1.29 is 9.47 Å². The topological polar surface area (TPSA) is 42.2 Å². The summed E-state index contributed by atoms with van der Waals surface area (Å²) in [5.74, 6) is 1.39. The maximum atomic E-state index is 8.47. The molecule has 0 aromatic heterocycles. The van der Waals surface area contributed by atoms with Crippen LogP contribution in [-0.4, -0.2) is 14.2 Å². The van der Waals surface area contributed by atoms with Gasteiger partial charge in [-0.15, -0.1) is 0 Å². The van der Waals surface area contributed by atoms with Crippen LogP contribution in [0.5, 0.6) is 11.5 Å². The summed E-state index contributed by atoms with van der Waals surface area (Å²) in [7, 11) is 3.17.